The van der Waals surface area contributed by atoms with E-state index in [0.717, 1.165) is 74.7 Å². The number of hydrogen-bond acceptors (Lipinski definition) is 6. The molecule has 0 amide bonds. The van der Waals surface area contributed by atoms with Gasteiger partial charge in [-0.2, -0.15) is 0 Å². The summed E-state index contributed by atoms with van der Waals surface area (Å²) in [6.07, 6.45) is 3.92. The largest absolute Gasteiger partial charge is 0.465 e. The van der Waals surface area contributed by atoms with E-state index in [4.69, 9.17) is 9.15 Å². The third kappa shape index (κ3) is 5.80. The quantitative estimate of drug-likeness (QED) is 0.519. The first-order chi connectivity index (χ1) is 13.7. The predicted octanol–water partition coefficient (Wildman–Crippen LogP) is 2.39. The van der Waals surface area contributed by atoms with Crippen molar-refractivity contribution >= 4 is 17.3 Å². The molecule has 3 heterocycles. The number of guanidine groups is 1. The molecule has 0 bridgehead atoms. The van der Waals surface area contributed by atoms with E-state index in [-0.39, 0.29) is 6.04 Å². The van der Waals surface area contributed by atoms with Crippen molar-refractivity contribution in [3.63, 3.8) is 0 Å². The van der Waals surface area contributed by atoms with Crippen molar-refractivity contribution in [3.8, 4) is 0 Å². The average molecular weight is 406 g/mol. The van der Waals surface area contributed by atoms with E-state index in [1.54, 1.807) is 18.4 Å². The van der Waals surface area contributed by atoms with E-state index in [0.29, 0.717) is 0 Å². The van der Waals surface area contributed by atoms with E-state index in [2.05, 4.69) is 38.5 Å². The molecule has 2 aromatic heterocycles. The molecule has 0 aromatic carbocycles. The molecule has 1 atom stereocenters. The highest BCUT2D eigenvalue weighted by atomic mass is 32.1. The minimum atomic E-state index is 0.155. The number of thiazole rings is 1. The molecule has 7 nitrogen and oxygen atoms in total. The highest BCUT2D eigenvalue weighted by Crippen LogP contribution is 2.23. The van der Waals surface area contributed by atoms with Crippen LogP contribution in [0.3, 0.4) is 0 Å². The summed E-state index contributed by atoms with van der Waals surface area (Å²) in [5.74, 6) is 2.72. The summed E-state index contributed by atoms with van der Waals surface area (Å²) in [5.41, 5.74) is 0. The molecule has 3 rings (SSSR count). The molecule has 0 radical (unpaired) electrons. The molecule has 1 fully saturated rings. The fourth-order valence-corrected chi connectivity index (χ4v) is 4.12. The van der Waals surface area contributed by atoms with Crippen molar-refractivity contribution in [2.45, 2.75) is 32.7 Å². The van der Waals surface area contributed by atoms with Crippen LogP contribution in [0.1, 0.15) is 34.4 Å². The fraction of sp³-hybridized carbons (Fsp3) is 0.600. The van der Waals surface area contributed by atoms with Crippen LogP contribution >= 0.6 is 11.3 Å². The number of ether oxygens (including phenoxy) is 1. The van der Waals surface area contributed by atoms with Gasteiger partial charge in [-0.3, -0.25) is 9.89 Å². The van der Waals surface area contributed by atoms with Gasteiger partial charge in [-0.25, -0.2) is 4.98 Å². The number of hydrogen-bond donors (Lipinski definition) is 2. The number of aryl methyl sites for hydroxylation is 2. The predicted molar refractivity (Wildman–Crippen MR) is 113 cm³/mol. The molecule has 1 saturated heterocycles. The van der Waals surface area contributed by atoms with E-state index in [1.807, 2.05) is 19.2 Å². The first-order valence-corrected chi connectivity index (χ1v) is 10.8. The zero-order valence-corrected chi connectivity index (χ0v) is 17.8. The minimum absolute atomic E-state index is 0.155. The molecule has 0 aliphatic carbocycles. The van der Waals surface area contributed by atoms with Crippen molar-refractivity contribution in [3.05, 3.63) is 39.7 Å². The third-order valence-corrected chi connectivity index (χ3v) is 6.05. The maximum Gasteiger partial charge on any atom is 0.191 e. The number of nitrogens with zero attached hydrogens (tertiary/aromatic N) is 3. The number of morpholine rings is 1. The van der Waals surface area contributed by atoms with E-state index < -0.39 is 0 Å². The lowest BCUT2D eigenvalue weighted by atomic mass is 10.1. The fourth-order valence-electron chi connectivity index (χ4n) is 3.26. The average Bonchev–Trinajstić information content (AvgIpc) is 3.36. The molecule has 28 heavy (non-hydrogen) atoms. The van der Waals surface area contributed by atoms with Crippen LogP contribution < -0.4 is 10.6 Å². The van der Waals surface area contributed by atoms with Crippen LogP contribution in [0.25, 0.3) is 0 Å². The van der Waals surface area contributed by atoms with Crippen molar-refractivity contribution in [1.29, 1.82) is 0 Å². The molecule has 8 heteroatoms. The second-order valence-electron chi connectivity index (χ2n) is 6.82. The minimum Gasteiger partial charge on any atom is -0.465 e. The monoisotopic (exact) mass is 405 g/mol. The van der Waals surface area contributed by atoms with Crippen LogP contribution in [0.5, 0.6) is 0 Å². The molecule has 154 valence electrons. The van der Waals surface area contributed by atoms with Crippen molar-refractivity contribution < 1.29 is 9.15 Å². The summed E-state index contributed by atoms with van der Waals surface area (Å²) >= 11 is 1.79. The number of rotatable bonds is 8. The van der Waals surface area contributed by atoms with Gasteiger partial charge in [0.2, 0.25) is 0 Å². The molecule has 0 saturated carbocycles. The summed E-state index contributed by atoms with van der Waals surface area (Å²) in [4.78, 5) is 12.6. The Morgan fingerprint density at radius 2 is 2.14 bits per heavy atom. The lowest BCUT2D eigenvalue weighted by Crippen LogP contribution is -2.46. The zero-order chi connectivity index (χ0) is 19.8. The lowest BCUT2D eigenvalue weighted by Gasteiger charge is -2.33. The Morgan fingerprint density at radius 3 is 2.79 bits per heavy atom. The van der Waals surface area contributed by atoms with Crippen LogP contribution in [-0.2, 0) is 17.6 Å². The first kappa shape index (κ1) is 20.8. The molecule has 1 aliphatic heterocycles. The van der Waals surface area contributed by atoms with Gasteiger partial charge in [0.05, 0.1) is 24.3 Å². The Balaban J connectivity index is 1.53. The second-order valence-corrected chi connectivity index (χ2v) is 8.02. The number of aromatic nitrogens is 1. The Hall–Kier alpha value is -1.90. The standard InChI is InChI=1S/C20H31N5O2S/c1-4-16-13-23-19(28-16)7-8-22-20(21-3)24-14-17(18-6-5-15(2)27-18)25-9-11-26-12-10-25/h5-6,13,17H,4,7-12,14H2,1-3H3,(H2,21,22,24). The van der Waals surface area contributed by atoms with Crippen molar-refractivity contribution in [2.24, 2.45) is 4.99 Å². The molecular weight excluding hydrogens is 374 g/mol. The lowest BCUT2D eigenvalue weighted by molar-refractivity contribution is 0.0124. The van der Waals surface area contributed by atoms with Gasteiger partial charge in [-0.15, -0.1) is 11.3 Å². The summed E-state index contributed by atoms with van der Waals surface area (Å²) in [5, 5.41) is 8.01. The summed E-state index contributed by atoms with van der Waals surface area (Å²) in [6.45, 7) is 9.00. The normalized spacial score (nSPS) is 16.9. The molecule has 2 aromatic rings. The topological polar surface area (TPSA) is 74.9 Å². The van der Waals surface area contributed by atoms with Gasteiger partial charge in [0, 0.05) is 50.7 Å². The van der Waals surface area contributed by atoms with E-state index in [9.17, 15) is 0 Å². The van der Waals surface area contributed by atoms with Crippen LogP contribution in [0.2, 0.25) is 0 Å². The molecule has 1 aliphatic rings. The van der Waals surface area contributed by atoms with Crippen LogP contribution in [0.15, 0.2) is 27.7 Å². The molecule has 1 unspecified atom stereocenters. The molecule has 0 spiro atoms. The third-order valence-electron chi connectivity index (χ3n) is 4.84. The number of nitrogens with one attached hydrogen (secondary N) is 2. The molecule has 2 N–H and O–H groups in total. The maximum atomic E-state index is 5.93. The Kier molecular flexibility index (Phi) is 7.88. The van der Waals surface area contributed by atoms with Gasteiger partial charge in [0.1, 0.15) is 11.5 Å². The maximum absolute atomic E-state index is 5.93. The number of furan rings is 1. The van der Waals surface area contributed by atoms with Gasteiger partial charge in [0.15, 0.2) is 5.96 Å². The van der Waals surface area contributed by atoms with Gasteiger partial charge in [0.25, 0.3) is 0 Å². The van der Waals surface area contributed by atoms with E-state index >= 15 is 0 Å². The van der Waals surface area contributed by atoms with Crippen LogP contribution in [-0.4, -0.2) is 62.3 Å². The van der Waals surface area contributed by atoms with Crippen molar-refractivity contribution in [1.82, 2.24) is 20.5 Å². The first-order valence-electron chi connectivity index (χ1n) is 9.95. The Morgan fingerprint density at radius 1 is 1.32 bits per heavy atom. The highest BCUT2D eigenvalue weighted by molar-refractivity contribution is 7.11. The SMILES string of the molecule is CCc1cnc(CCNC(=NC)NCC(c2ccc(C)o2)N2CCOCC2)s1. The molecular formula is C20H31N5O2S. The summed E-state index contributed by atoms with van der Waals surface area (Å²) < 4.78 is 11.4. The van der Waals surface area contributed by atoms with Gasteiger partial charge < -0.3 is 19.8 Å². The van der Waals surface area contributed by atoms with Crippen molar-refractivity contribution in [2.75, 3.05) is 46.4 Å². The zero-order valence-electron chi connectivity index (χ0n) is 17.0. The smallest absolute Gasteiger partial charge is 0.191 e. The van der Waals surface area contributed by atoms with Gasteiger partial charge in [-0.1, -0.05) is 6.92 Å². The summed E-state index contributed by atoms with van der Waals surface area (Å²) in [6, 6.07) is 4.25. The highest BCUT2D eigenvalue weighted by Gasteiger charge is 2.25. The summed E-state index contributed by atoms with van der Waals surface area (Å²) in [7, 11) is 1.80. The van der Waals surface area contributed by atoms with Crippen LogP contribution in [0, 0.1) is 6.92 Å². The van der Waals surface area contributed by atoms with E-state index in [1.165, 1.54) is 4.88 Å². The number of aliphatic imine (C=N–C) groups is 1. The van der Waals surface area contributed by atoms with Gasteiger partial charge in [-0.05, 0) is 25.5 Å². The Labute approximate surface area is 171 Å². The Bertz CT molecular complexity index is 751. The van der Waals surface area contributed by atoms with Gasteiger partial charge >= 0.3 is 0 Å². The van der Waals surface area contributed by atoms with Crippen LogP contribution in [0.4, 0.5) is 0 Å². The second kappa shape index (κ2) is 10.6.